The normalized spacial score (nSPS) is 23.5. The Kier molecular flexibility index (Phi) is 2.94. The summed E-state index contributed by atoms with van der Waals surface area (Å²) in [4.78, 5) is 0. The lowest BCUT2D eigenvalue weighted by molar-refractivity contribution is 0.702. The molecule has 0 amide bonds. The lowest BCUT2D eigenvalue weighted by atomic mass is 9.95. The van der Waals surface area contributed by atoms with Crippen molar-refractivity contribution < 1.29 is 0 Å². The van der Waals surface area contributed by atoms with Crippen molar-refractivity contribution in [3.8, 4) is 0 Å². The van der Waals surface area contributed by atoms with Crippen LogP contribution in [0.5, 0.6) is 0 Å². The molecule has 0 N–H and O–H groups in total. The van der Waals surface area contributed by atoms with Gasteiger partial charge in [0.15, 0.2) is 8.24 Å². The molecule has 2 aliphatic rings. The summed E-state index contributed by atoms with van der Waals surface area (Å²) in [6.07, 6.45) is 8.46. The molecule has 0 spiro atoms. The molecule has 4 rings (SSSR count). The minimum absolute atomic E-state index is 0.340. The van der Waals surface area contributed by atoms with E-state index in [9.17, 15) is 0 Å². The molecule has 2 aromatic rings. The maximum Gasteiger partial charge on any atom is 0.161 e. The first kappa shape index (κ1) is 14.8. The molecule has 1 aromatic carbocycles. The van der Waals surface area contributed by atoms with Crippen LogP contribution in [0.2, 0.25) is 18.1 Å². The Labute approximate surface area is 142 Å². The first-order valence-corrected chi connectivity index (χ1v) is 12.0. The fourth-order valence-corrected chi connectivity index (χ4v) is 6.76. The lowest BCUT2D eigenvalue weighted by Gasteiger charge is -2.39. The average Bonchev–Trinajstić information content (AvgIpc) is 3.09. The van der Waals surface area contributed by atoms with Crippen LogP contribution in [0.4, 0.5) is 0 Å². The van der Waals surface area contributed by atoms with E-state index >= 15 is 0 Å². The summed E-state index contributed by atoms with van der Waals surface area (Å²) in [5.41, 5.74) is 4.67. The number of hydrogen-bond donors (Lipinski definition) is 0. The third kappa shape index (κ3) is 1.75. The van der Waals surface area contributed by atoms with E-state index in [2.05, 4.69) is 84.5 Å². The summed E-state index contributed by atoms with van der Waals surface area (Å²) in [6, 6.07) is 4.66. The van der Waals surface area contributed by atoms with Crippen molar-refractivity contribution in [2.24, 2.45) is 0 Å². The molecule has 22 heavy (non-hydrogen) atoms. The van der Waals surface area contributed by atoms with E-state index in [1.54, 1.807) is 11.1 Å². The monoisotopic (exact) mass is 373 g/mol. The molecule has 1 aromatic heterocycles. The Hall–Kier alpha value is -0.803. The van der Waals surface area contributed by atoms with Gasteiger partial charge in [-0.15, -0.1) is 0 Å². The minimum atomic E-state index is -1.60. The summed E-state index contributed by atoms with van der Waals surface area (Å²) >= 11 is 3.84. The third-order valence-corrected chi connectivity index (χ3v) is 12.2. The smallest absolute Gasteiger partial charge is 0.161 e. The molecule has 1 heterocycles. The minimum Gasteiger partial charge on any atom is -0.374 e. The molecule has 0 fully saturated rings. The molecule has 0 unspecified atom stereocenters. The molecule has 2 atom stereocenters. The lowest BCUT2D eigenvalue weighted by Crippen LogP contribution is -2.45. The van der Waals surface area contributed by atoms with Gasteiger partial charge in [0.05, 0.1) is 0 Å². The summed E-state index contributed by atoms with van der Waals surface area (Å²) in [7, 11) is -1.60. The molecule has 0 saturated heterocycles. The predicted octanol–water partition coefficient (Wildman–Crippen LogP) is 6.40. The molecule has 1 nitrogen and oxygen atoms in total. The fraction of sp³-hybridized carbons (Fsp3) is 0.474. The second-order valence-corrected chi connectivity index (χ2v) is 14.4. The number of halogens is 1. The van der Waals surface area contributed by atoms with Gasteiger partial charge in [-0.05, 0) is 40.9 Å². The summed E-state index contributed by atoms with van der Waals surface area (Å²) in [6.45, 7) is 12.2. The predicted molar refractivity (Wildman–Crippen MR) is 101 cm³/mol. The van der Waals surface area contributed by atoms with Gasteiger partial charge in [-0.3, -0.25) is 0 Å². The Balaban J connectivity index is 2.06. The zero-order valence-corrected chi connectivity index (χ0v) is 16.7. The van der Waals surface area contributed by atoms with Crippen molar-refractivity contribution in [2.75, 3.05) is 0 Å². The Morgan fingerprint density at radius 3 is 2.41 bits per heavy atom. The van der Waals surface area contributed by atoms with Gasteiger partial charge >= 0.3 is 0 Å². The molecule has 0 aliphatic heterocycles. The van der Waals surface area contributed by atoms with E-state index in [-0.39, 0.29) is 0 Å². The van der Waals surface area contributed by atoms with Gasteiger partial charge in [0, 0.05) is 27.2 Å². The first-order valence-electron chi connectivity index (χ1n) is 8.24. The number of hydrogen-bond acceptors (Lipinski definition) is 0. The van der Waals surface area contributed by atoms with Crippen LogP contribution in [0.1, 0.15) is 50.2 Å². The number of nitrogens with zero attached hydrogens (tertiary/aromatic N) is 1. The van der Waals surface area contributed by atoms with E-state index in [1.807, 2.05) is 0 Å². The number of allylic oxidation sites excluding steroid dienone is 2. The quantitative estimate of drug-likeness (QED) is 0.402. The van der Waals surface area contributed by atoms with Crippen molar-refractivity contribution in [1.82, 2.24) is 4.23 Å². The number of fused-ring (bicyclic) bond motifs is 7. The van der Waals surface area contributed by atoms with Crippen LogP contribution in [-0.2, 0) is 0 Å². The first-order chi connectivity index (χ1) is 10.2. The molecule has 2 aliphatic carbocycles. The van der Waals surface area contributed by atoms with Crippen LogP contribution < -0.4 is 0 Å². The van der Waals surface area contributed by atoms with E-state index in [1.165, 1.54) is 21.8 Å². The van der Waals surface area contributed by atoms with Gasteiger partial charge in [0.1, 0.15) is 0 Å². The maximum atomic E-state index is 3.84. The molecule has 0 saturated carbocycles. The highest BCUT2D eigenvalue weighted by atomic mass is 79.9. The van der Waals surface area contributed by atoms with Crippen LogP contribution in [0.25, 0.3) is 10.9 Å². The van der Waals surface area contributed by atoms with Gasteiger partial charge in [-0.1, -0.05) is 61.9 Å². The summed E-state index contributed by atoms with van der Waals surface area (Å²) < 4.78 is 3.97. The topological polar surface area (TPSA) is 4.93 Å². The number of benzene rings is 1. The highest BCUT2D eigenvalue weighted by Gasteiger charge is 2.41. The Morgan fingerprint density at radius 1 is 1.14 bits per heavy atom. The number of aromatic nitrogens is 1. The molecule has 116 valence electrons. The van der Waals surface area contributed by atoms with Crippen molar-refractivity contribution >= 4 is 35.1 Å². The third-order valence-electron chi connectivity index (χ3n) is 6.27. The van der Waals surface area contributed by atoms with Gasteiger partial charge in [-0.25, -0.2) is 0 Å². The second kappa shape index (κ2) is 4.39. The Bertz CT molecular complexity index is 807. The average molecular weight is 374 g/mol. The molecule has 2 bridgehead atoms. The van der Waals surface area contributed by atoms with Crippen molar-refractivity contribution in [1.29, 1.82) is 0 Å². The van der Waals surface area contributed by atoms with Gasteiger partial charge in [-0.2, -0.15) is 0 Å². The van der Waals surface area contributed by atoms with Crippen LogP contribution in [-0.4, -0.2) is 12.5 Å². The van der Waals surface area contributed by atoms with Gasteiger partial charge in [0.25, 0.3) is 0 Å². The Morgan fingerprint density at radius 2 is 1.77 bits per heavy atom. The molecular weight excluding hydrogens is 350 g/mol. The van der Waals surface area contributed by atoms with Crippen LogP contribution in [0.3, 0.4) is 0 Å². The SMILES string of the molecule is CC(C)(C)[Si](C)(C)n1ccc2cc(Br)c3c(c21)[C@@H]1C=C[C@H]3C1. The number of rotatable bonds is 1. The van der Waals surface area contributed by atoms with Crippen LogP contribution in [0, 0.1) is 0 Å². The van der Waals surface area contributed by atoms with E-state index < -0.39 is 8.24 Å². The van der Waals surface area contributed by atoms with Crippen LogP contribution >= 0.6 is 15.9 Å². The maximum absolute atomic E-state index is 3.84. The zero-order valence-electron chi connectivity index (χ0n) is 14.1. The summed E-state index contributed by atoms with van der Waals surface area (Å²) in [5.74, 6) is 1.25. The van der Waals surface area contributed by atoms with E-state index in [0.717, 1.165) is 0 Å². The molecule has 3 heteroatoms. The van der Waals surface area contributed by atoms with Crippen LogP contribution in [0.15, 0.2) is 35.0 Å². The largest absolute Gasteiger partial charge is 0.374 e. The van der Waals surface area contributed by atoms with Crippen molar-refractivity contribution in [2.45, 2.75) is 57.2 Å². The standard InChI is InChI=1S/C19H24BrNSi/c1-19(2,3)22(4,5)21-9-8-14-11-15(20)16-12-6-7-13(10-12)17(16)18(14)21/h6-9,11-13H,10H2,1-5H3/t12-,13+/m0/s1. The van der Waals surface area contributed by atoms with Gasteiger partial charge < -0.3 is 4.23 Å². The molecule has 0 radical (unpaired) electrons. The molecular formula is C19H24BrNSi. The second-order valence-electron chi connectivity index (χ2n) is 8.45. The summed E-state index contributed by atoms with van der Waals surface area (Å²) in [5, 5.41) is 1.74. The van der Waals surface area contributed by atoms with Crippen molar-refractivity contribution in [3.05, 3.63) is 46.1 Å². The highest BCUT2D eigenvalue weighted by Crippen LogP contribution is 2.54. The van der Waals surface area contributed by atoms with E-state index in [0.29, 0.717) is 16.9 Å². The van der Waals surface area contributed by atoms with E-state index in [4.69, 9.17) is 0 Å². The zero-order chi connectivity index (χ0) is 15.9. The highest BCUT2D eigenvalue weighted by molar-refractivity contribution is 9.10. The fourth-order valence-electron chi connectivity index (χ4n) is 4.03. The van der Waals surface area contributed by atoms with Gasteiger partial charge in [0.2, 0.25) is 0 Å². The van der Waals surface area contributed by atoms with Crippen molar-refractivity contribution in [3.63, 3.8) is 0 Å².